The van der Waals surface area contributed by atoms with Crippen molar-refractivity contribution in [1.82, 2.24) is 34.7 Å². The highest BCUT2D eigenvalue weighted by Gasteiger charge is 2.70. The molecule has 4 aromatic rings. The van der Waals surface area contributed by atoms with Crippen LogP contribution in [0.4, 0.5) is 38.0 Å². The molecule has 0 unspecified atom stereocenters. The van der Waals surface area contributed by atoms with Gasteiger partial charge < -0.3 is 22.1 Å². The van der Waals surface area contributed by atoms with Gasteiger partial charge in [0.05, 0.1) is 23.1 Å². The summed E-state index contributed by atoms with van der Waals surface area (Å²) in [5.74, 6) is -0.774. The zero-order valence-electron chi connectivity index (χ0n) is 23.4. The molecule has 18 heteroatoms. The third-order valence-corrected chi connectivity index (χ3v) is 8.62. The summed E-state index contributed by atoms with van der Waals surface area (Å²) < 4.78 is 82.0. The number of piperidine rings is 1. The summed E-state index contributed by atoms with van der Waals surface area (Å²) in [6.07, 6.45) is -7.30. The van der Waals surface area contributed by atoms with Crippen LogP contribution in [0.3, 0.4) is 0 Å². The van der Waals surface area contributed by atoms with E-state index in [1.165, 1.54) is 23.7 Å². The lowest BCUT2D eigenvalue weighted by molar-refractivity contribution is -0.303. The third kappa shape index (κ3) is 4.65. The summed E-state index contributed by atoms with van der Waals surface area (Å²) in [5, 5.41) is 10.6. The molecule has 0 saturated carbocycles. The summed E-state index contributed by atoms with van der Waals surface area (Å²) in [4.78, 5) is 36.0. The van der Waals surface area contributed by atoms with Gasteiger partial charge in [-0.2, -0.15) is 41.1 Å². The van der Waals surface area contributed by atoms with Crippen molar-refractivity contribution in [3.05, 3.63) is 53.2 Å². The van der Waals surface area contributed by atoms with Crippen molar-refractivity contribution in [2.45, 2.75) is 68.5 Å². The van der Waals surface area contributed by atoms with Crippen molar-refractivity contribution < 1.29 is 35.9 Å². The van der Waals surface area contributed by atoms with Crippen molar-refractivity contribution >= 4 is 29.0 Å². The van der Waals surface area contributed by atoms with Gasteiger partial charge in [0.1, 0.15) is 17.3 Å². The van der Waals surface area contributed by atoms with Gasteiger partial charge in [0.25, 0.3) is 11.4 Å². The molecule has 6 heterocycles. The highest BCUT2D eigenvalue weighted by atomic mass is 19.4. The van der Waals surface area contributed by atoms with Gasteiger partial charge in [-0.05, 0) is 38.7 Å². The first-order valence-corrected chi connectivity index (χ1v) is 13.7. The second-order valence-corrected chi connectivity index (χ2v) is 11.3. The van der Waals surface area contributed by atoms with Crippen LogP contribution in [0.25, 0.3) is 16.8 Å². The van der Waals surface area contributed by atoms with E-state index in [0.29, 0.717) is 24.6 Å². The molecule has 0 aromatic carbocycles. The average Bonchev–Trinajstić information content (AvgIpc) is 3.66. The van der Waals surface area contributed by atoms with Crippen LogP contribution in [-0.4, -0.2) is 70.8 Å². The van der Waals surface area contributed by atoms with Crippen molar-refractivity contribution in [3.63, 3.8) is 0 Å². The Morgan fingerprint density at radius 3 is 2.16 bits per heavy atom. The highest BCUT2D eigenvalue weighted by Crippen LogP contribution is 2.48. The molecule has 2 aliphatic rings. The van der Waals surface area contributed by atoms with Gasteiger partial charge >= 0.3 is 12.4 Å². The maximum absolute atomic E-state index is 13.5. The fraction of sp³-hybridized carbons (Fsp3) is 0.407. The number of carbonyl (C=O) groups excluding carboxylic acids is 2. The van der Waals surface area contributed by atoms with Gasteiger partial charge in [-0.15, -0.1) is 0 Å². The number of amides is 1. The van der Waals surface area contributed by atoms with Crippen molar-refractivity contribution in [1.29, 1.82) is 0 Å². The summed E-state index contributed by atoms with van der Waals surface area (Å²) in [5.41, 5.74) is 12.0. The molecule has 45 heavy (non-hydrogen) atoms. The second-order valence-electron chi connectivity index (χ2n) is 11.3. The number of nitrogens with two attached hydrogens (primary N) is 3. The number of carbonyl (C=O) groups is 2. The molecular formula is C27H26F6N10O2. The molecule has 12 nitrogen and oxygen atoms in total. The monoisotopic (exact) mass is 636 g/mol. The molecule has 238 valence electrons. The average molecular weight is 637 g/mol. The smallest absolute Gasteiger partial charge is 0.383 e. The molecule has 4 aromatic heterocycles. The van der Waals surface area contributed by atoms with E-state index < -0.39 is 23.6 Å². The van der Waals surface area contributed by atoms with Gasteiger partial charge in [-0.3, -0.25) is 19.7 Å². The lowest BCUT2D eigenvalue weighted by Crippen LogP contribution is -2.61. The number of anilines is 2. The van der Waals surface area contributed by atoms with Gasteiger partial charge in [0, 0.05) is 41.4 Å². The fourth-order valence-electron chi connectivity index (χ4n) is 6.45. The Morgan fingerprint density at radius 1 is 1.00 bits per heavy atom. The van der Waals surface area contributed by atoms with Crippen LogP contribution >= 0.6 is 0 Å². The first kappa shape index (κ1) is 30.3. The van der Waals surface area contributed by atoms with Crippen LogP contribution < -0.4 is 17.2 Å². The first-order chi connectivity index (χ1) is 21.0. The van der Waals surface area contributed by atoms with Gasteiger partial charge in [-0.25, -0.2) is 4.98 Å². The summed E-state index contributed by atoms with van der Waals surface area (Å²) in [6, 6.07) is 2.65. The Kier molecular flexibility index (Phi) is 6.83. The van der Waals surface area contributed by atoms with E-state index in [-0.39, 0.29) is 69.4 Å². The molecule has 2 bridgehead atoms. The Labute approximate surface area is 250 Å². The number of rotatable bonds is 5. The molecule has 0 radical (unpaired) electrons. The van der Waals surface area contributed by atoms with Crippen molar-refractivity contribution in [2.75, 3.05) is 11.5 Å². The lowest BCUT2D eigenvalue weighted by Gasteiger charge is -2.39. The summed E-state index contributed by atoms with van der Waals surface area (Å²) >= 11 is 0. The number of hydrogen-bond acceptors (Lipinski definition) is 9. The molecular weight excluding hydrogens is 610 g/mol. The van der Waals surface area contributed by atoms with Crippen molar-refractivity contribution in [2.24, 2.45) is 5.73 Å². The normalized spacial score (nSPS) is 20.6. The number of nitrogens with zero attached hydrogens (tertiary/aromatic N) is 6. The van der Waals surface area contributed by atoms with E-state index in [9.17, 15) is 35.9 Å². The number of Topliss-reactive ketones (excluding diaryl/α,β-unsaturated/α-hetero) is 1. The number of fused-ring (bicyclic) bond motifs is 3. The molecule has 6 rings (SSSR count). The number of hydrogen-bond donors (Lipinski definition) is 4. The highest BCUT2D eigenvalue weighted by molar-refractivity contribution is 6.00. The number of pyridine rings is 1. The minimum Gasteiger partial charge on any atom is -0.383 e. The zero-order chi connectivity index (χ0) is 32.6. The van der Waals surface area contributed by atoms with Crippen LogP contribution in [0.1, 0.15) is 70.8 Å². The Hall–Kier alpha value is -4.74. The lowest BCUT2D eigenvalue weighted by atomic mass is 9.85. The molecule has 2 saturated heterocycles. The predicted octanol–water partition coefficient (Wildman–Crippen LogP) is 3.71. The van der Waals surface area contributed by atoms with E-state index in [0.717, 1.165) is 25.1 Å². The molecule has 0 spiro atoms. The number of alkyl halides is 6. The molecule has 2 aliphatic heterocycles. The van der Waals surface area contributed by atoms with Crippen LogP contribution in [0.5, 0.6) is 0 Å². The third-order valence-electron chi connectivity index (χ3n) is 8.62. The van der Waals surface area contributed by atoms with Gasteiger partial charge in [0.15, 0.2) is 11.4 Å². The maximum atomic E-state index is 13.5. The predicted molar refractivity (Wildman–Crippen MR) is 147 cm³/mol. The second kappa shape index (κ2) is 10.1. The SMILES string of the molecule is CC(=O)c1c([C@H]2C[C@H]3CC[C@@H](C2)N3C(=O)c2cc(N)n[nH]2)nc2c(-c3ccc(C(N)(C(F)(F)F)C(F)(F)F)nc3)cnn2c1N. The van der Waals surface area contributed by atoms with Gasteiger partial charge in [-0.1, -0.05) is 6.07 Å². The van der Waals surface area contributed by atoms with E-state index in [2.05, 4.69) is 20.3 Å². The topological polar surface area (TPSA) is 187 Å². The molecule has 7 N–H and O–H groups in total. The minimum atomic E-state index is -5.87. The molecule has 2 fully saturated rings. The number of nitrogens with one attached hydrogen (secondary N) is 1. The fourth-order valence-corrected chi connectivity index (χ4v) is 6.45. The Bertz CT molecular complexity index is 1790. The number of nitrogen functional groups attached to an aromatic ring is 2. The van der Waals surface area contributed by atoms with E-state index >= 15 is 0 Å². The quantitative estimate of drug-likeness (QED) is 0.187. The minimum absolute atomic E-state index is 0.0350. The standard InChI is InChI=1S/C27H26F6N10O2/c1-11(44)20-21(13-6-14-3-4-15(7-13)42(14)24(45)17-8-19(34)41-40-17)39-23-16(10-38-43(23)22(20)35)12-2-5-18(37-9-12)25(36,26(28,29)30)27(31,32)33/h2,5,8-10,13-15H,3-4,6-7,35-36H2,1H3,(H3,34,40,41)/t13-,14+,15-. The Morgan fingerprint density at radius 2 is 1.64 bits per heavy atom. The summed E-state index contributed by atoms with van der Waals surface area (Å²) in [7, 11) is 0. The number of halogens is 6. The molecule has 1 amide bonds. The van der Waals surface area contributed by atoms with Crippen molar-refractivity contribution in [3.8, 4) is 11.1 Å². The largest absolute Gasteiger partial charge is 0.421 e. The van der Waals surface area contributed by atoms with E-state index in [4.69, 9.17) is 22.2 Å². The number of aromatic amines is 1. The molecule has 0 aliphatic carbocycles. The van der Waals surface area contributed by atoms with E-state index in [1.807, 2.05) is 0 Å². The van der Waals surface area contributed by atoms with E-state index in [1.54, 1.807) is 4.90 Å². The first-order valence-electron chi connectivity index (χ1n) is 13.7. The number of aromatic nitrogens is 6. The van der Waals surface area contributed by atoms with Crippen LogP contribution in [0.15, 0.2) is 30.6 Å². The maximum Gasteiger partial charge on any atom is 0.421 e. The summed E-state index contributed by atoms with van der Waals surface area (Å²) in [6.45, 7) is 1.33. The Balaban J connectivity index is 1.38. The number of H-pyrrole nitrogens is 1. The zero-order valence-corrected chi connectivity index (χ0v) is 23.4. The van der Waals surface area contributed by atoms with Crippen LogP contribution in [0, 0.1) is 0 Å². The van der Waals surface area contributed by atoms with Crippen LogP contribution in [0.2, 0.25) is 0 Å². The van der Waals surface area contributed by atoms with Crippen LogP contribution in [-0.2, 0) is 5.54 Å². The van der Waals surface area contributed by atoms with Gasteiger partial charge in [0.2, 0.25) is 0 Å². The molecule has 3 atom stereocenters. The number of ketones is 1.